The van der Waals surface area contributed by atoms with Crippen molar-refractivity contribution in [1.29, 1.82) is 0 Å². The molecule has 0 saturated heterocycles. The molecule has 144 valence electrons. The van der Waals surface area contributed by atoms with E-state index in [1.165, 1.54) is 0 Å². The van der Waals surface area contributed by atoms with Gasteiger partial charge < -0.3 is 15.4 Å². The van der Waals surface area contributed by atoms with E-state index in [1.807, 2.05) is 38.1 Å². The van der Waals surface area contributed by atoms with Crippen LogP contribution in [-0.2, 0) is 0 Å². The fourth-order valence-corrected chi connectivity index (χ4v) is 2.74. The molecule has 0 aliphatic rings. The van der Waals surface area contributed by atoms with Crippen LogP contribution < -0.4 is 15.4 Å². The molecule has 0 aliphatic heterocycles. The number of aryl methyl sites for hydroxylation is 1. The van der Waals surface area contributed by atoms with Crippen molar-refractivity contribution in [3.63, 3.8) is 0 Å². The van der Waals surface area contributed by atoms with E-state index in [1.54, 1.807) is 37.3 Å². The van der Waals surface area contributed by atoms with Gasteiger partial charge in [-0.3, -0.25) is 4.79 Å². The molecule has 6 nitrogen and oxygen atoms in total. The molecule has 0 aliphatic carbocycles. The molecule has 0 spiro atoms. The van der Waals surface area contributed by atoms with Gasteiger partial charge in [-0.15, -0.1) is 0 Å². The third-order valence-electron chi connectivity index (χ3n) is 3.71. The number of halogens is 1. The monoisotopic (exact) mass is 396 g/mol. The Morgan fingerprint density at radius 2 is 1.71 bits per heavy atom. The predicted octanol–water partition coefficient (Wildman–Crippen LogP) is 5.22. The number of nitrogens with zero attached hydrogens (tertiary/aromatic N) is 2. The molecule has 0 radical (unpaired) electrons. The maximum Gasteiger partial charge on any atom is 0.274 e. The highest BCUT2D eigenvalue weighted by Gasteiger charge is 2.13. The molecule has 1 aromatic heterocycles. The van der Waals surface area contributed by atoms with E-state index < -0.39 is 0 Å². The number of hydrogen-bond acceptors (Lipinski definition) is 5. The summed E-state index contributed by atoms with van der Waals surface area (Å²) in [4.78, 5) is 21.2. The lowest BCUT2D eigenvalue weighted by Crippen LogP contribution is -2.15. The molecule has 7 heteroatoms. The van der Waals surface area contributed by atoms with E-state index in [0.29, 0.717) is 28.1 Å². The van der Waals surface area contributed by atoms with Crippen LogP contribution in [0.25, 0.3) is 0 Å². The second-order valence-corrected chi connectivity index (χ2v) is 6.81. The molecule has 28 heavy (non-hydrogen) atoms. The van der Waals surface area contributed by atoms with Crippen molar-refractivity contribution in [3.8, 4) is 5.75 Å². The average molecular weight is 397 g/mol. The minimum Gasteiger partial charge on any atom is -0.489 e. The average Bonchev–Trinajstić information content (AvgIpc) is 2.64. The van der Waals surface area contributed by atoms with Crippen LogP contribution in [0.15, 0.2) is 54.6 Å². The van der Waals surface area contributed by atoms with Crippen LogP contribution in [-0.4, -0.2) is 22.0 Å². The Morgan fingerprint density at radius 3 is 2.43 bits per heavy atom. The molecule has 0 saturated carbocycles. The smallest absolute Gasteiger partial charge is 0.274 e. The van der Waals surface area contributed by atoms with Crippen LogP contribution in [0, 0.1) is 6.92 Å². The van der Waals surface area contributed by atoms with Crippen LogP contribution in [0.4, 0.5) is 17.2 Å². The lowest BCUT2D eigenvalue weighted by atomic mass is 10.2. The van der Waals surface area contributed by atoms with Crippen LogP contribution in [0.5, 0.6) is 5.75 Å². The number of carbonyl (C=O) groups is 1. The van der Waals surface area contributed by atoms with E-state index >= 15 is 0 Å². The van der Waals surface area contributed by atoms with Crippen molar-refractivity contribution in [1.82, 2.24) is 9.97 Å². The zero-order valence-corrected chi connectivity index (χ0v) is 16.6. The number of amides is 1. The zero-order chi connectivity index (χ0) is 20.1. The molecule has 1 heterocycles. The van der Waals surface area contributed by atoms with Crippen LogP contribution in [0.1, 0.15) is 30.2 Å². The highest BCUT2D eigenvalue weighted by Crippen LogP contribution is 2.28. The van der Waals surface area contributed by atoms with E-state index in [0.717, 1.165) is 5.69 Å². The maximum atomic E-state index is 12.6. The topological polar surface area (TPSA) is 76.1 Å². The number of ether oxygens (including phenoxy) is 1. The Balaban J connectivity index is 1.84. The summed E-state index contributed by atoms with van der Waals surface area (Å²) in [5.41, 5.74) is 1.51. The number of hydrogen-bond donors (Lipinski definition) is 2. The summed E-state index contributed by atoms with van der Waals surface area (Å²) >= 11 is 6.11. The molecular formula is C21H21ClN4O2. The molecule has 3 aromatic rings. The SMILES string of the molecule is Cc1nc(Nc2ccccc2OC(C)C)cc(C(=O)Nc2ccccc2Cl)n1. The van der Waals surface area contributed by atoms with Crippen molar-refractivity contribution >= 4 is 34.7 Å². The molecule has 0 fully saturated rings. The summed E-state index contributed by atoms with van der Waals surface area (Å²) < 4.78 is 5.82. The van der Waals surface area contributed by atoms with Gasteiger partial charge in [-0.25, -0.2) is 9.97 Å². The summed E-state index contributed by atoms with van der Waals surface area (Å²) in [6, 6.07) is 16.2. The largest absolute Gasteiger partial charge is 0.489 e. The second kappa shape index (κ2) is 8.71. The summed E-state index contributed by atoms with van der Waals surface area (Å²) in [6.07, 6.45) is 0.0343. The van der Waals surface area contributed by atoms with Crippen molar-refractivity contribution < 1.29 is 9.53 Å². The minimum absolute atomic E-state index is 0.0343. The Hall–Kier alpha value is -3.12. The zero-order valence-electron chi connectivity index (χ0n) is 15.9. The summed E-state index contributed by atoms with van der Waals surface area (Å²) in [6.45, 7) is 5.65. The van der Waals surface area contributed by atoms with E-state index in [-0.39, 0.29) is 17.7 Å². The fraction of sp³-hybridized carbons (Fsp3) is 0.190. The first kappa shape index (κ1) is 19.6. The molecule has 0 unspecified atom stereocenters. The summed E-state index contributed by atoms with van der Waals surface area (Å²) in [7, 11) is 0. The molecule has 2 N–H and O–H groups in total. The predicted molar refractivity (Wildman–Crippen MR) is 112 cm³/mol. The number of carbonyl (C=O) groups excluding carboxylic acids is 1. The van der Waals surface area contributed by atoms with Gasteiger partial charge in [-0.2, -0.15) is 0 Å². The Morgan fingerprint density at radius 1 is 1.04 bits per heavy atom. The second-order valence-electron chi connectivity index (χ2n) is 6.41. The number of anilines is 3. The van der Waals surface area contributed by atoms with Gasteiger partial charge in [0, 0.05) is 6.07 Å². The first-order valence-electron chi connectivity index (χ1n) is 8.86. The van der Waals surface area contributed by atoms with Crippen LogP contribution in [0.3, 0.4) is 0 Å². The van der Waals surface area contributed by atoms with Gasteiger partial charge in [-0.05, 0) is 45.0 Å². The number of nitrogens with one attached hydrogen (secondary N) is 2. The third kappa shape index (κ3) is 4.98. The van der Waals surface area contributed by atoms with Crippen molar-refractivity contribution in [3.05, 3.63) is 71.1 Å². The number of benzene rings is 2. The molecule has 0 bridgehead atoms. The van der Waals surface area contributed by atoms with Crippen molar-refractivity contribution in [2.24, 2.45) is 0 Å². The standard InChI is InChI=1S/C21H21ClN4O2/c1-13(2)28-19-11-7-6-10-17(19)25-20-12-18(23-14(3)24-20)21(27)26-16-9-5-4-8-15(16)22/h4-13H,1-3H3,(H,26,27)(H,23,24,25). The quantitative estimate of drug-likeness (QED) is 0.597. The highest BCUT2D eigenvalue weighted by molar-refractivity contribution is 6.33. The van der Waals surface area contributed by atoms with Gasteiger partial charge in [0.2, 0.25) is 0 Å². The molecule has 0 atom stereocenters. The number of aromatic nitrogens is 2. The van der Waals surface area contributed by atoms with E-state index in [4.69, 9.17) is 16.3 Å². The van der Waals surface area contributed by atoms with Gasteiger partial charge in [0.25, 0.3) is 5.91 Å². The van der Waals surface area contributed by atoms with Gasteiger partial charge >= 0.3 is 0 Å². The lowest BCUT2D eigenvalue weighted by Gasteiger charge is -2.15. The Kier molecular flexibility index (Phi) is 6.11. The van der Waals surface area contributed by atoms with Crippen molar-refractivity contribution in [2.45, 2.75) is 26.9 Å². The minimum atomic E-state index is -0.367. The third-order valence-corrected chi connectivity index (χ3v) is 4.03. The van der Waals surface area contributed by atoms with Gasteiger partial charge in [0.15, 0.2) is 0 Å². The Labute approximate surface area is 168 Å². The van der Waals surface area contributed by atoms with Gasteiger partial charge in [0.1, 0.15) is 23.1 Å². The van der Waals surface area contributed by atoms with Crippen LogP contribution >= 0.6 is 11.6 Å². The molecular weight excluding hydrogens is 376 g/mol. The summed E-state index contributed by atoms with van der Waals surface area (Å²) in [5, 5.41) is 6.43. The van der Waals surface area contributed by atoms with Gasteiger partial charge in [0.05, 0.1) is 22.5 Å². The highest BCUT2D eigenvalue weighted by atomic mass is 35.5. The summed E-state index contributed by atoms with van der Waals surface area (Å²) in [5.74, 6) is 1.30. The maximum absolute atomic E-state index is 12.6. The molecule has 3 rings (SSSR count). The normalized spacial score (nSPS) is 10.6. The number of rotatable bonds is 6. The fourth-order valence-electron chi connectivity index (χ4n) is 2.56. The lowest BCUT2D eigenvalue weighted by molar-refractivity contribution is 0.102. The van der Waals surface area contributed by atoms with E-state index in [2.05, 4.69) is 20.6 Å². The molecule has 1 amide bonds. The van der Waals surface area contributed by atoms with Crippen LogP contribution in [0.2, 0.25) is 5.02 Å². The first-order chi connectivity index (χ1) is 13.4. The number of para-hydroxylation sites is 3. The van der Waals surface area contributed by atoms with Crippen molar-refractivity contribution in [2.75, 3.05) is 10.6 Å². The first-order valence-corrected chi connectivity index (χ1v) is 9.24. The molecule has 2 aromatic carbocycles. The van der Waals surface area contributed by atoms with E-state index in [9.17, 15) is 4.79 Å². The Bertz CT molecular complexity index is 992. The van der Waals surface area contributed by atoms with Gasteiger partial charge in [-0.1, -0.05) is 35.9 Å².